The first-order chi connectivity index (χ1) is 7.04. The molecule has 1 heteroatoms. The van der Waals surface area contributed by atoms with Crippen LogP contribution < -0.4 is 5.32 Å². The van der Waals surface area contributed by atoms with Gasteiger partial charge in [-0.15, -0.1) is 0 Å². The van der Waals surface area contributed by atoms with Crippen LogP contribution in [0.5, 0.6) is 0 Å². The average molecular weight is 205 g/mol. The summed E-state index contributed by atoms with van der Waals surface area (Å²) in [6, 6.07) is 7.23. The number of benzene rings is 1. The summed E-state index contributed by atoms with van der Waals surface area (Å²) >= 11 is 0. The Morgan fingerprint density at radius 1 is 1.13 bits per heavy atom. The van der Waals surface area contributed by atoms with E-state index >= 15 is 0 Å². The second kappa shape index (κ2) is 5.20. The van der Waals surface area contributed by atoms with Gasteiger partial charge in [0.25, 0.3) is 0 Å². The molecule has 0 aromatic heterocycles. The van der Waals surface area contributed by atoms with Crippen LogP contribution in [-0.4, -0.2) is 6.04 Å². The second-order valence-electron chi connectivity index (χ2n) is 4.72. The van der Waals surface area contributed by atoms with E-state index in [1.165, 1.54) is 16.8 Å². The van der Waals surface area contributed by atoms with Crippen molar-refractivity contribution in [2.75, 3.05) is 5.32 Å². The van der Waals surface area contributed by atoms with Crippen LogP contribution in [0.4, 0.5) is 5.69 Å². The van der Waals surface area contributed by atoms with Gasteiger partial charge in [0.05, 0.1) is 0 Å². The highest BCUT2D eigenvalue weighted by molar-refractivity contribution is 5.50. The van der Waals surface area contributed by atoms with Gasteiger partial charge in [0.1, 0.15) is 0 Å². The van der Waals surface area contributed by atoms with Gasteiger partial charge in [-0.25, -0.2) is 0 Å². The van der Waals surface area contributed by atoms with Gasteiger partial charge < -0.3 is 5.32 Å². The number of anilines is 1. The molecule has 1 rings (SSSR count). The minimum Gasteiger partial charge on any atom is -0.383 e. The number of hydrogen-bond acceptors (Lipinski definition) is 1. The lowest BCUT2D eigenvalue weighted by Crippen LogP contribution is -2.10. The molecule has 0 heterocycles. The molecule has 1 nitrogen and oxygen atoms in total. The quantitative estimate of drug-likeness (QED) is 0.777. The highest BCUT2D eigenvalue weighted by atomic mass is 14.9. The molecular formula is C14H23N. The van der Waals surface area contributed by atoms with Crippen LogP contribution in [0.2, 0.25) is 0 Å². The van der Waals surface area contributed by atoms with Gasteiger partial charge in [-0.2, -0.15) is 0 Å². The maximum Gasteiger partial charge on any atom is 0.0345 e. The maximum absolute atomic E-state index is 3.45. The fourth-order valence-corrected chi connectivity index (χ4v) is 1.90. The Balaban J connectivity index is 2.97. The van der Waals surface area contributed by atoms with E-state index < -0.39 is 0 Å². The van der Waals surface area contributed by atoms with Crippen molar-refractivity contribution >= 4 is 5.69 Å². The molecule has 15 heavy (non-hydrogen) atoms. The minimum atomic E-state index is 0.500. The highest BCUT2D eigenvalue weighted by Crippen LogP contribution is 2.23. The molecule has 0 aliphatic heterocycles. The predicted octanol–water partition coefficient (Wildman–Crippen LogP) is 4.19. The summed E-state index contributed by atoms with van der Waals surface area (Å²) < 4.78 is 0. The van der Waals surface area contributed by atoms with Crippen LogP contribution >= 0.6 is 0 Å². The first kappa shape index (κ1) is 12.1. The van der Waals surface area contributed by atoms with Crippen molar-refractivity contribution in [2.24, 2.45) is 0 Å². The lowest BCUT2D eigenvalue weighted by molar-refractivity contribution is 0.842. The zero-order valence-corrected chi connectivity index (χ0v) is 10.6. The third kappa shape index (κ3) is 3.26. The number of aryl methyl sites for hydroxylation is 1. The standard InChI is InChI=1S/C14H23N/c1-6-12-9-13(15-11(4)5)7-8-14(12)10(2)3/h7-11,15H,6H2,1-5H3. The van der Waals surface area contributed by atoms with E-state index in [2.05, 4.69) is 58.1 Å². The van der Waals surface area contributed by atoms with Crippen LogP contribution in [0.1, 0.15) is 51.7 Å². The summed E-state index contributed by atoms with van der Waals surface area (Å²) in [5.41, 5.74) is 4.19. The van der Waals surface area contributed by atoms with Crippen molar-refractivity contribution in [3.05, 3.63) is 29.3 Å². The van der Waals surface area contributed by atoms with E-state index in [0.29, 0.717) is 12.0 Å². The lowest BCUT2D eigenvalue weighted by atomic mass is 9.95. The van der Waals surface area contributed by atoms with E-state index in [-0.39, 0.29) is 0 Å². The zero-order valence-electron chi connectivity index (χ0n) is 10.6. The molecule has 0 spiro atoms. The van der Waals surface area contributed by atoms with Crippen molar-refractivity contribution in [3.63, 3.8) is 0 Å². The first-order valence-electron chi connectivity index (χ1n) is 5.94. The molecule has 0 radical (unpaired) electrons. The first-order valence-corrected chi connectivity index (χ1v) is 5.94. The fraction of sp³-hybridized carbons (Fsp3) is 0.571. The Labute approximate surface area is 93.9 Å². The monoisotopic (exact) mass is 205 g/mol. The SMILES string of the molecule is CCc1cc(NC(C)C)ccc1C(C)C. The topological polar surface area (TPSA) is 12.0 Å². The van der Waals surface area contributed by atoms with Gasteiger partial charge in [0.15, 0.2) is 0 Å². The van der Waals surface area contributed by atoms with Crippen molar-refractivity contribution in [1.82, 2.24) is 0 Å². The molecule has 0 saturated carbocycles. The van der Waals surface area contributed by atoms with Crippen molar-refractivity contribution < 1.29 is 0 Å². The van der Waals surface area contributed by atoms with Crippen LogP contribution in [0, 0.1) is 0 Å². The van der Waals surface area contributed by atoms with Crippen LogP contribution in [0.3, 0.4) is 0 Å². The Morgan fingerprint density at radius 2 is 1.80 bits per heavy atom. The third-order valence-electron chi connectivity index (χ3n) is 2.60. The Hall–Kier alpha value is -0.980. The van der Waals surface area contributed by atoms with Gasteiger partial charge in [0.2, 0.25) is 0 Å². The van der Waals surface area contributed by atoms with Gasteiger partial charge >= 0.3 is 0 Å². The van der Waals surface area contributed by atoms with E-state index in [4.69, 9.17) is 0 Å². The number of nitrogens with one attached hydrogen (secondary N) is 1. The van der Waals surface area contributed by atoms with Crippen molar-refractivity contribution in [2.45, 2.75) is 53.0 Å². The molecule has 0 saturated heterocycles. The van der Waals surface area contributed by atoms with E-state index in [1.54, 1.807) is 0 Å². The molecule has 1 N–H and O–H groups in total. The van der Waals surface area contributed by atoms with Crippen LogP contribution in [0.25, 0.3) is 0 Å². The Bertz CT molecular complexity index is 313. The van der Waals surface area contributed by atoms with E-state index in [0.717, 1.165) is 6.42 Å². The van der Waals surface area contributed by atoms with E-state index in [1.807, 2.05) is 0 Å². The normalized spacial score (nSPS) is 11.1. The molecule has 0 atom stereocenters. The highest BCUT2D eigenvalue weighted by Gasteiger charge is 2.06. The number of rotatable bonds is 4. The molecule has 1 aromatic carbocycles. The molecule has 0 unspecified atom stereocenters. The maximum atomic E-state index is 3.45. The average Bonchev–Trinajstić information content (AvgIpc) is 2.16. The second-order valence-corrected chi connectivity index (χ2v) is 4.72. The van der Waals surface area contributed by atoms with Crippen LogP contribution in [-0.2, 0) is 6.42 Å². The molecule has 0 aliphatic carbocycles. The third-order valence-corrected chi connectivity index (χ3v) is 2.60. The summed E-state index contributed by atoms with van der Waals surface area (Å²) in [6.45, 7) is 11.1. The van der Waals surface area contributed by atoms with Gasteiger partial charge in [-0.1, -0.05) is 26.8 Å². The van der Waals surface area contributed by atoms with Gasteiger partial charge in [-0.05, 0) is 49.4 Å². The smallest absolute Gasteiger partial charge is 0.0345 e. The summed E-state index contributed by atoms with van der Waals surface area (Å²) in [4.78, 5) is 0. The molecule has 0 fully saturated rings. The Kier molecular flexibility index (Phi) is 4.19. The molecule has 0 bridgehead atoms. The van der Waals surface area contributed by atoms with Gasteiger partial charge in [-0.3, -0.25) is 0 Å². The number of hydrogen-bond donors (Lipinski definition) is 1. The summed E-state index contributed by atoms with van der Waals surface area (Å²) in [6.07, 6.45) is 1.11. The molecular weight excluding hydrogens is 182 g/mol. The minimum absolute atomic E-state index is 0.500. The summed E-state index contributed by atoms with van der Waals surface area (Å²) in [7, 11) is 0. The molecule has 1 aromatic rings. The van der Waals surface area contributed by atoms with Gasteiger partial charge in [0, 0.05) is 11.7 Å². The molecule has 0 amide bonds. The zero-order chi connectivity index (χ0) is 11.4. The summed E-state index contributed by atoms with van der Waals surface area (Å²) in [5.74, 6) is 0.619. The fourth-order valence-electron chi connectivity index (χ4n) is 1.90. The predicted molar refractivity (Wildman–Crippen MR) is 68.7 cm³/mol. The van der Waals surface area contributed by atoms with Crippen molar-refractivity contribution in [1.29, 1.82) is 0 Å². The largest absolute Gasteiger partial charge is 0.383 e. The Morgan fingerprint density at radius 3 is 2.27 bits per heavy atom. The summed E-state index contributed by atoms with van der Waals surface area (Å²) in [5, 5.41) is 3.45. The molecule has 0 aliphatic rings. The molecule has 84 valence electrons. The van der Waals surface area contributed by atoms with Crippen LogP contribution in [0.15, 0.2) is 18.2 Å². The van der Waals surface area contributed by atoms with E-state index in [9.17, 15) is 0 Å². The lowest BCUT2D eigenvalue weighted by Gasteiger charge is -2.16. The van der Waals surface area contributed by atoms with Crippen molar-refractivity contribution in [3.8, 4) is 0 Å².